The van der Waals surface area contributed by atoms with Crippen molar-refractivity contribution in [2.24, 2.45) is 0 Å². The molecule has 0 bridgehead atoms. The van der Waals surface area contributed by atoms with Crippen LogP contribution >= 0.6 is 15.2 Å². The monoisotopic (exact) mass is 394 g/mol. The fourth-order valence-electron chi connectivity index (χ4n) is 2.45. The van der Waals surface area contributed by atoms with Crippen molar-refractivity contribution in [1.82, 2.24) is 0 Å². The van der Waals surface area contributed by atoms with E-state index in [4.69, 9.17) is 18.1 Å². The Morgan fingerprint density at radius 2 is 1.44 bits per heavy atom. The zero-order valence-electron chi connectivity index (χ0n) is 15.2. The summed E-state index contributed by atoms with van der Waals surface area (Å²) >= 11 is 0. The molecule has 0 aliphatic heterocycles. The van der Waals surface area contributed by atoms with Crippen molar-refractivity contribution in [3.8, 4) is 5.75 Å². The third kappa shape index (κ3) is 6.52. The van der Waals surface area contributed by atoms with Crippen LogP contribution in [0, 0.1) is 0 Å². The maximum atomic E-state index is 13.4. The van der Waals surface area contributed by atoms with Crippen molar-refractivity contribution < 1.29 is 32.3 Å². The lowest BCUT2D eigenvalue weighted by molar-refractivity contribution is 0.203. The lowest BCUT2D eigenvalue weighted by Gasteiger charge is -2.29. The Balaban J connectivity index is 3.36. The van der Waals surface area contributed by atoms with Gasteiger partial charge in [-0.05, 0) is 45.4 Å². The van der Waals surface area contributed by atoms with Crippen molar-refractivity contribution in [2.45, 2.75) is 33.4 Å². The lowest BCUT2D eigenvalue weighted by Crippen LogP contribution is -2.13. The Labute approximate surface area is 149 Å². The number of hydrogen-bond acceptors (Lipinski definition) is 7. The number of hydrogen-bond donors (Lipinski definition) is 1. The Hall–Kier alpha value is -0.680. The first-order valence-corrected chi connectivity index (χ1v) is 11.7. The summed E-state index contributed by atoms with van der Waals surface area (Å²) in [6, 6.07) is 6.25. The van der Waals surface area contributed by atoms with Crippen molar-refractivity contribution in [2.75, 3.05) is 32.6 Å². The first kappa shape index (κ1) is 22.4. The van der Waals surface area contributed by atoms with Crippen LogP contribution in [-0.4, -0.2) is 37.7 Å². The van der Waals surface area contributed by atoms with Gasteiger partial charge in [0.05, 0.1) is 38.2 Å². The summed E-state index contributed by atoms with van der Waals surface area (Å²) < 4.78 is 47.9. The average Bonchev–Trinajstić information content (AvgIpc) is 2.53. The van der Waals surface area contributed by atoms with Crippen molar-refractivity contribution in [1.29, 1.82) is 0 Å². The Bertz CT molecular complexity index is 600. The Morgan fingerprint density at radius 1 is 0.920 bits per heavy atom. The molecular formula is C16H28O7P2. The molecule has 0 saturated heterocycles. The second-order valence-corrected chi connectivity index (χ2v) is 9.44. The second kappa shape index (κ2) is 10.5. The van der Waals surface area contributed by atoms with Crippen molar-refractivity contribution in [3.05, 3.63) is 29.8 Å². The van der Waals surface area contributed by atoms with E-state index in [2.05, 4.69) is 0 Å². The third-order valence-electron chi connectivity index (χ3n) is 3.30. The minimum atomic E-state index is -3.66. The molecule has 1 aromatic rings. The minimum Gasteiger partial charge on any atom is -0.508 e. The van der Waals surface area contributed by atoms with Crippen molar-refractivity contribution in [3.63, 3.8) is 0 Å². The van der Waals surface area contributed by atoms with E-state index in [9.17, 15) is 14.2 Å². The molecule has 0 radical (unpaired) electrons. The molecule has 0 heterocycles. The molecule has 1 atom stereocenters. The molecule has 7 nitrogen and oxygen atoms in total. The molecule has 0 amide bonds. The molecule has 0 fully saturated rings. The van der Waals surface area contributed by atoms with Crippen LogP contribution in [0.15, 0.2) is 24.3 Å². The fraction of sp³-hybridized carbons (Fsp3) is 0.625. The molecule has 1 unspecified atom stereocenters. The van der Waals surface area contributed by atoms with Gasteiger partial charge in [0.25, 0.3) is 0 Å². The molecule has 1 rings (SSSR count). The maximum Gasteiger partial charge on any atom is 0.338 e. The predicted molar refractivity (Wildman–Crippen MR) is 97.4 cm³/mol. The van der Waals surface area contributed by atoms with Gasteiger partial charge in [0.15, 0.2) is 0 Å². The smallest absolute Gasteiger partial charge is 0.338 e. The van der Waals surface area contributed by atoms with Gasteiger partial charge in [-0.1, -0.05) is 12.1 Å². The molecule has 9 heteroatoms. The average molecular weight is 394 g/mol. The van der Waals surface area contributed by atoms with Gasteiger partial charge >= 0.3 is 15.2 Å². The Morgan fingerprint density at radius 3 is 1.88 bits per heavy atom. The summed E-state index contributed by atoms with van der Waals surface area (Å²) in [5, 5.41) is 9.79. The second-order valence-electron chi connectivity index (χ2n) is 5.12. The first-order valence-electron chi connectivity index (χ1n) is 8.39. The first-order chi connectivity index (χ1) is 11.8. The molecule has 0 aliphatic rings. The lowest BCUT2D eigenvalue weighted by atomic mass is 10.1. The van der Waals surface area contributed by atoms with E-state index in [1.807, 2.05) is 0 Å². The van der Waals surface area contributed by atoms with E-state index in [1.165, 1.54) is 12.1 Å². The summed E-state index contributed by atoms with van der Waals surface area (Å²) in [6.07, 6.45) is -0.171. The SMILES string of the molecule is CCOP(=O)(CC(c1cccc(O)c1)P(=O)(OCC)OCC)OCC. The van der Waals surface area contributed by atoms with Gasteiger partial charge in [-0.15, -0.1) is 0 Å². The topological polar surface area (TPSA) is 91.3 Å². The molecule has 0 saturated carbocycles. The van der Waals surface area contributed by atoms with Gasteiger partial charge in [0, 0.05) is 0 Å². The van der Waals surface area contributed by atoms with Crippen LogP contribution in [0.1, 0.15) is 38.9 Å². The minimum absolute atomic E-state index is 0.00435. The van der Waals surface area contributed by atoms with Crippen molar-refractivity contribution >= 4 is 15.2 Å². The predicted octanol–water partition coefficient (Wildman–Crippen LogP) is 4.97. The normalized spacial score (nSPS) is 13.8. The number of benzene rings is 1. The van der Waals surface area contributed by atoms with E-state index in [1.54, 1.807) is 39.8 Å². The van der Waals surface area contributed by atoms with E-state index < -0.39 is 20.9 Å². The number of aromatic hydroxyl groups is 1. The van der Waals surface area contributed by atoms with Crippen LogP contribution in [-0.2, 0) is 27.2 Å². The quantitative estimate of drug-likeness (QED) is 0.501. The van der Waals surface area contributed by atoms with Gasteiger partial charge < -0.3 is 23.2 Å². The highest BCUT2D eigenvalue weighted by Gasteiger charge is 2.43. The van der Waals surface area contributed by atoms with Crippen LogP contribution in [0.2, 0.25) is 0 Å². The van der Waals surface area contributed by atoms with E-state index >= 15 is 0 Å². The fourth-order valence-corrected chi connectivity index (χ4v) is 7.23. The maximum absolute atomic E-state index is 13.4. The molecule has 144 valence electrons. The number of rotatable bonds is 12. The third-order valence-corrected chi connectivity index (χ3v) is 8.19. The summed E-state index contributed by atoms with van der Waals surface area (Å²) in [5.41, 5.74) is -0.395. The van der Waals surface area contributed by atoms with Gasteiger partial charge in [-0.2, -0.15) is 0 Å². The van der Waals surface area contributed by atoms with E-state index in [-0.39, 0.29) is 38.3 Å². The zero-order valence-corrected chi connectivity index (χ0v) is 17.0. The van der Waals surface area contributed by atoms with E-state index in [0.717, 1.165) is 0 Å². The molecular weight excluding hydrogens is 366 g/mol. The molecule has 25 heavy (non-hydrogen) atoms. The highest BCUT2D eigenvalue weighted by atomic mass is 31.2. The number of phenolic OH excluding ortho intramolecular Hbond substituents is 1. The standard InChI is InChI=1S/C16H28O7P2/c1-5-20-24(18,21-6-2)13-16(14-10-9-11-15(17)12-14)25(19,22-7-3)23-8-4/h9-12,16-17H,5-8,13H2,1-4H3. The summed E-state index contributed by atoms with van der Waals surface area (Å²) in [4.78, 5) is 0. The largest absolute Gasteiger partial charge is 0.508 e. The van der Waals surface area contributed by atoms with Crippen LogP contribution in [0.4, 0.5) is 0 Å². The molecule has 0 spiro atoms. The van der Waals surface area contributed by atoms with Crippen LogP contribution in [0.5, 0.6) is 5.75 Å². The summed E-state index contributed by atoms with van der Waals surface area (Å²) in [6.45, 7) is 7.54. The van der Waals surface area contributed by atoms with Gasteiger partial charge in [0.2, 0.25) is 0 Å². The highest BCUT2D eigenvalue weighted by molar-refractivity contribution is 7.58. The van der Waals surface area contributed by atoms with Gasteiger partial charge in [-0.3, -0.25) is 9.13 Å². The van der Waals surface area contributed by atoms with Gasteiger partial charge in [0.1, 0.15) is 5.75 Å². The van der Waals surface area contributed by atoms with Crippen LogP contribution < -0.4 is 0 Å². The molecule has 0 aliphatic carbocycles. The van der Waals surface area contributed by atoms with Crippen LogP contribution in [0.3, 0.4) is 0 Å². The number of phenols is 1. The zero-order chi connectivity index (χ0) is 18.9. The molecule has 1 aromatic carbocycles. The Kier molecular flexibility index (Phi) is 9.36. The summed E-state index contributed by atoms with van der Waals surface area (Å²) in [5.74, 6) is 0.00435. The highest BCUT2D eigenvalue weighted by Crippen LogP contribution is 2.66. The molecule has 1 N–H and O–H groups in total. The van der Waals surface area contributed by atoms with Crippen LogP contribution in [0.25, 0.3) is 0 Å². The summed E-state index contributed by atoms with van der Waals surface area (Å²) in [7, 11) is -7.17. The molecule has 0 aromatic heterocycles. The van der Waals surface area contributed by atoms with E-state index in [0.29, 0.717) is 5.56 Å². The van der Waals surface area contributed by atoms with Gasteiger partial charge in [-0.25, -0.2) is 0 Å².